The Bertz CT molecular complexity index is 693. The number of rotatable bonds is 5. The lowest BCUT2D eigenvalue weighted by molar-refractivity contribution is -0.384. The van der Waals surface area contributed by atoms with Crippen molar-refractivity contribution in [2.45, 2.75) is 19.8 Å². The molecule has 0 atom stereocenters. The fraction of sp³-hybridized carbons (Fsp3) is 0.231. The molecular weight excluding hydrogens is 274 g/mol. The Morgan fingerprint density at radius 2 is 2.33 bits per heavy atom. The van der Waals surface area contributed by atoms with Crippen LogP contribution in [0.1, 0.15) is 24.7 Å². The predicted octanol–water partition coefficient (Wildman–Crippen LogP) is 1.83. The summed E-state index contributed by atoms with van der Waals surface area (Å²) in [6.07, 6.45) is 4.88. The van der Waals surface area contributed by atoms with Crippen LogP contribution < -0.4 is 5.73 Å². The molecule has 3 N–H and O–H groups in total. The molecule has 1 aromatic carbocycles. The van der Waals surface area contributed by atoms with Crippen molar-refractivity contribution < 1.29 is 10.1 Å². The van der Waals surface area contributed by atoms with Crippen LogP contribution in [-0.4, -0.2) is 25.5 Å². The molecule has 0 bridgehead atoms. The van der Waals surface area contributed by atoms with Gasteiger partial charge in [0, 0.05) is 30.4 Å². The normalized spacial score (nSPS) is 11.6. The van der Waals surface area contributed by atoms with Crippen molar-refractivity contribution in [1.29, 1.82) is 0 Å². The summed E-state index contributed by atoms with van der Waals surface area (Å²) in [7, 11) is 0. The van der Waals surface area contributed by atoms with Crippen molar-refractivity contribution in [3.63, 3.8) is 0 Å². The van der Waals surface area contributed by atoms with Crippen LogP contribution in [0.2, 0.25) is 0 Å². The minimum Gasteiger partial charge on any atom is -0.409 e. The van der Waals surface area contributed by atoms with Crippen molar-refractivity contribution >= 4 is 11.5 Å². The van der Waals surface area contributed by atoms with E-state index < -0.39 is 4.92 Å². The highest BCUT2D eigenvalue weighted by molar-refractivity contribution is 5.98. The number of nitro benzene ring substituents is 1. The molecule has 1 heterocycles. The molecule has 0 saturated heterocycles. The molecular formula is C13H15N5O3. The molecule has 8 nitrogen and oxygen atoms in total. The molecule has 0 spiro atoms. The molecule has 0 unspecified atom stereocenters. The molecule has 0 radical (unpaired) electrons. The number of imidazole rings is 1. The second-order valence-electron chi connectivity index (χ2n) is 4.41. The Labute approximate surface area is 120 Å². The standard InChI is InChI=1S/C13H15N5O3/c1-2-3-12-15-6-7-17(12)10-5-4-9(13(14)16-19)8-11(10)18(20)21/h4-8,19H,2-3H2,1H3,(H2,14,16). The summed E-state index contributed by atoms with van der Waals surface area (Å²) in [4.78, 5) is 15.0. The predicted molar refractivity (Wildman–Crippen MR) is 76.7 cm³/mol. The lowest BCUT2D eigenvalue weighted by Gasteiger charge is -2.09. The van der Waals surface area contributed by atoms with Crippen LogP contribution in [0.5, 0.6) is 0 Å². The van der Waals surface area contributed by atoms with E-state index in [-0.39, 0.29) is 17.1 Å². The summed E-state index contributed by atoms with van der Waals surface area (Å²) in [6, 6.07) is 4.40. The Kier molecular flexibility index (Phi) is 4.17. The quantitative estimate of drug-likeness (QED) is 0.286. The monoisotopic (exact) mass is 289 g/mol. The van der Waals surface area contributed by atoms with Gasteiger partial charge in [-0.3, -0.25) is 14.7 Å². The van der Waals surface area contributed by atoms with Gasteiger partial charge in [0.1, 0.15) is 11.5 Å². The smallest absolute Gasteiger partial charge is 0.293 e. The van der Waals surface area contributed by atoms with Gasteiger partial charge >= 0.3 is 0 Å². The molecule has 2 rings (SSSR count). The second kappa shape index (κ2) is 6.04. The third kappa shape index (κ3) is 2.83. The summed E-state index contributed by atoms with van der Waals surface area (Å²) in [6.45, 7) is 2.01. The van der Waals surface area contributed by atoms with E-state index in [9.17, 15) is 10.1 Å². The lowest BCUT2D eigenvalue weighted by Crippen LogP contribution is -2.14. The number of nitrogens with two attached hydrogens (primary N) is 1. The van der Waals surface area contributed by atoms with E-state index in [0.29, 0.717) is 12.1 Å². The van der Waals surface area contributed by atoms with Crippen LogP contribution in [-0.2, 0) is 6.42 Å². The van der Waals surface area contributed by atoms with Crippen LogP contribution in [0.15, 0.2) is 35.7 Å². The van der Waals surface area contributed by atoms with E-state index in [0.717, 1.165) is 12.2 Å². The summed E-state index contributed by atoms with van der Waals surface area (Å²) in [5.41, 5.74) is 6.02. The number of nitro groups is 1. The van der Waals surface area contributed by atoms with Gasteiger partial charge in [-0.15, -0.1) is 0 Å². The summed E-state index contributed by atoms with van der Waals surface area (Å²) >= 11 is 0. The highest BCUT2D eigenvalue weighted by Gasteiger charge is 2.19. The maximum absolute atomic E-state index is 11.3. The van der Waals surface area contributed by atoms with Gasteiger partial charge in [-0.1, -0.05) is 12.1 Å². The van der Waals surface area contributed by atoms with E-state index in [1.54, 1.807) is 29.1 Å². The zero-order chi connectivity index (χ0) is 15.4. The molecule has 0 aliphatic heterocycles. The molecule has 0 aliphatic carbocycles. The van der Waals surface area contributed by atoms with Crippen molar-refractivity contribution in [1.82, 2.24) is 9.55 Å². The molecule has 0 fully saturated rings. The largest absolute Gasteiger partial charge is 0.409 e. The molecule has 21 heavy (non-hydrogen) atoms. The Morgan fingerprint density at radius 1 is 1.57 bits per heavy atom. The van der Waals surface area contributed by atoms with Crippen molar-refractivity contribution in [2.75, 3.05) is 0 Å². The van der Waals surface area contributed by atoms with E-state index in [1.165, 1.54) is 6.07 Å². The molecule has 0 amide bonds. The molecule has 8 heteroatoms. The van der Waals surface area contributed by atoms with Crippen LogP contribution in [0.3, 0.4) is 0 Å². The van der Waals surface area contributed by atoms with Gasteiger partial charge in [0.05, 0.1) is 4.92 Å². The van der Waals surface area contributed by atoms with Crippen molar-refractivity contribution in [3.8, 4) is 5.69 Å². The van der Waals surface area contributed by atoms with Gasteiger partial charge in [0.25, 0.3) is 5.69 Å². The number of aryl methyl sites for hydroxylation is 1. The number of aromatic nitrogens is 2. The average Bonchev–Trinajstić information content (AvgIpc) is 2.94. The third-order valence-corrected chi connectivity index (χ3v) is 3.03. The minimum atomic E-state index is -0.501. The first kappa shape index (κ1) is 14.5. The lowest BCUT2D eigenvalue weighted by atomic mass is 10.1. The summed E-state index contributed by atoms with van der Waals surface area (Å²) in [5, 5.41) is 22.8. The number of benzene rings is 1. The van der Waals surface area contributed by atoms with Crippen LogP contribution in [0.4, 0.5) is 5.69 Å². The van der Waals surface area contributed by atoms with E-state index in [4.69, 9.17) is 10.9 Å². The maximum atomic E-state index is 11.3. The Balaban J connectivity index is 2.58. The van der Waals surface area contributed by atoms with Gasteiger partial charge in [-0.05, 0) is 18.6 Å². The molecule has 0 aliphatic rings. The van der Waals surface area contributed by atoms with Crippen molar-refractivity contribution in [3.05, 3.63) is 52.1 Å². The number of amidine groups is 1. The SMILES string of the molecule is CCCc1nccn1-c1ccc(C(N)=NO)cc1[N+](=O)[O-]. The fourth-order valence-corrected chi connectivity index (χ4v) is 2.05. The average molecular weight is 289 g/mol. The maximum Gasteiger partial charge on any atom is 0.293 e. The first-order valence-corrected chi connectivity index (χ1v) is 6.37. The number of hydrogen-bond acceptors (Lipinski definition) is 5. The highest BCUT2D eigenvalue weighted by atomic mass is 16.6. The van der Waals surface area contributed by atoms with Gasteiger partial charge in [0.15, 0.2) is 5.84 Å². The number of hydrogen-bond donors (Lipinski definition) is 2. The van der Waals surface area contributed by atoms with E-state index >= 15 is 0 Å². The molecule has 0 saturated carbocycles. The van der Waals surface area contributed by atoms with Crippen LogP contribution in [0.25, 0.3) is 5.69 Å². The van der Waals surface area contributed by atoms with Gasteiger partial charge in [-0.2, -0.15) is 0 Å². The topological polar surface area (TPSA) is 120 Å². The Hall–Kier alpha value is -2.90. The third-order valence-electron chi connectivity index (χ3n) is 3.03. The Morgan fingerprint density at radius 3 is 2.95 bits per heavy atom. The van der Waals surface area contributed by atoms with Gasteiger partial charge in [0.2, 0.25) is 0 Å². The van der Waals surface area contributed by atoms with Gasteiger partial charge < -0.3 is 10.9 Å². The highest BCUT2D eigenvalue weighted by Crippen LogP contribution is 2.25. The van der Waals surface area contributed by atoms with E-state index in [2.05, 4.69) is 10.1 Å². The van der Waals surface area contributed by atoms with Crippen LogP contribution >= 0.6 is 0 Å². The van der Waals surface area contributed by atoms with Gasteiger partial charge in [-0.25, -0.2) is 4.98 Å². The van der Waals surface area contributed by atoms with Crippen LogP contribution in [0, 0.1) is 10.1 Å². The summed E-state index contributed by atoms with van der Waals surface area (Å²) < 4.78 is 1.68. The zero-order valence-electron chi connectivity index (χ0n) is 11.4. The zero-order valence-corrected chi connectivity index (χ0v) is 11.4. The first-order valence-electron chi connectivity index (χ1n) is 6.37. The summed E-state index contributed by atoms with van der Waals surface area (Å²) in [5.74, 6) is 0.571. The molecule has 2 aromatic rings. The van der Waals surface area contributed by atoms with E-state index in [1.807, 2.05) is 6.92 Å². The molecule has 1 aromatic heterocycles. The minimum absolute atomic E-state index is 0.130. The fourth-order valence-electron chi connectivity index (χ4n) is 2.05. The molecule has 110 valence electrons. The van der Waals surface area contributed by atoms with Crippen molar-refractivity contribution in [2.24, 2.45) is 10.9 Å². The number of oxime groups is 1. The first-order chi connectivity index (χ1) is 10.1. The second-order valence-corrected chi connectivity index (χ2v) is 4.41. The number of nitrogens with zero attached hydrogens (tertiary/aromatic N) is 4.